The van der Waals surface area contributed by atoms with Gasteiger partial charge in [0.2, 0.25) is 0 Å². The van der Waals surface area contributed by atoms with Crippen LogP contribution in [0.1, 0.15) is 28.7 Å². The summed E-state index contributed by atoms with van der Waals surface area (Å²) in [6.45, 7) is 2.27. The third-order valence-electron chi connectivity index (χ3n) is 3.97. The summed E-state index contributed by atoms with van der Waals surface area (Å²) in [7, 11) is 0. The first-order valence-electron chi connectivity index (χ1n) is 8.30. The summed E-state index contributed by atoms with van der Waals surface area (Å²) in [6, 6.07) is 10.4. The monoisotopic (exact) mass is 416 g/mol. The second kappa shape index (κ2) is 8.06. The Kier molecular flexibility index (Phi) is 5.74. The maximum absolute atomic E-state index is 12.1. The van der Waals surface area contributed by atoms with Gasteiger partial charge >= 0.3 is 0 Å². The van der Waals surface area contributed by atoms with Crippen molar-refractivity contribution in [1.29, 1.82) is 5.26 Å². The summed E-state index contributed by atoms with van der Waals surface area (Å²) in [4.78, 5) is 10.7. The van der Waals surface area contributed by atoms with E-state index in [4.69, 9.17) is 16.9 Å². The van der Waals surface area contributed by atoms with Crippen LogP contribution in [0.15, 0.2) is 36.5 Å². The fraction of sp³-hybridized carbons (Fsp3) is 0.222. The van der Waals surface area contributed by atoms with Gasteiger partial charge in [-0.25, -0.2) is 0 Å². The summed E-state index contributed by atoms with van der Waals surface area (Å²) in [6.07, 6.45) is 1.79. The first kappa shape index (κ1) is 19.9. The molecule has 2 heterocycles. The average molecular weight is 417 g/mol. The lowest BCUT2D eigenvalue weighted by atomic mass is 10.1. The van der Waals surface area contributed by atoms with Crippen LogP contribution < -0.4 is 5.32 Å². The predicted molar refractivity (Wildman–Crippen MR) is 107 cm³/mol. The molecule has 0 spiro atoms. The van der Waals surface area contributed by atoms with Crippen LogP contribution >= 0.6 is 24.2 Å². The average Bonchev–Trinajstić information content (AvgIpc) is 3.31. The molecule has 0 fully saturated rings. The Hall–Kier alpha value is -2.80. The number of H-pyrrole nitrogens is 1. The molecule has 2 aromatic heterocycles. The molecule has 10 heteroatoms. The van der Waals surface area contributed by atoms with Gasteiger partial charge in [-0.05, 0) is 31.2 Å². The quantitative estimate of drug-likeness (QED) is 0.363. The van der Waals surface area contributed by atoms with Crippen molar-refractivity contribution < 1.29 is 9.90 Å². The molecular formula is C18H17ClN6O2S. The fourth-order valence-corrected chi connectivity index (χ4v) is 2.80. The van der Waals surface area contributed by atoms with E-state index >= 15 is 0 Å². The van der Waals surface area contributed by atoms with Gasteiger partial charge in [0.15, 0.2) is 0 Å². The molecule has 3 rings (SSSR count). The smallest absolute Gasteiger partial charge is 0.271 e. The van der Waals surface area contributed by atoms with Crippen LogP contribution in [0.3, 0.4) is 0 Å². The van der Waals surface area contributed by atoms with E-state index in [0.717, 1.165) is 5.56 Å². The van der Waals surface area contributed by atoms with Crippen molar-refractivity contribution in [2.75, 3.05) is 6.54 Å². The van der Waals surface area contributed by atoms with Crippen LogP contribution in [0, 0.1) is 11.3 Å². The highest BCUT2D eigenvalue weighted by Gasteiger charge is 2.22. The number of carbonyl (C=O) groups excluding carboxylic acids is 1. The van der Waals surface area contributed by atoms with Crippen molar-refractivity contribution in [2.45, 2.75) is 18.4 Å². The van der Waals surface area contributed by atoms with E-state index in [9.17, 15) is 9.90 Å². The number of amides is 1. The van der Waals surface area contributed by atoms with Gasteiger partial charge in [0.1, 0.15) is 16.7 Å². The molecule has 0 unspecified atom stereocenters. The van der Waals surface area contributed by atoms with Gasteiger partial charge in [0.05, 0.1) is 28.5 Å². The normalized spacial score (nSPS) is 13.0. The van der Waals surface area contributed by atoms with Gasteiger partial charge in [0, 0.05) is 18.3 Å². The molecule has 0 saturated carbocycles. The lowest BCUT2D eigenvalue weighted by molar-refractivity contribution is 0.0947. The molecule has 3 aromatic rings. The number of hydrogen-bond acceptors (Lipinski definition) is 6. The maximum Gasteiger partial charge on any atom is 0.271 e. The van der Waals surface area contributed by atoms with Gasteiger partial charge in [-0.1, -0.05) is 17.7 Å². The number of hydrogen-bond donors (Lipinski definition) is 4. The molecule has 28 heavy (non-hydrogen) atoms. The van der Waals surface area contributed by atoms with Crippen LogP contribution in [-0.4, -0.2) is 37.5 Å². The molecule has 144 valence electrons. The van der Waals surface area contributed by atoms with Crippen LogP contribution in [0.25, 0.3) is 11.3 Å². The topological polar surface area (TPSA) is 120 Å². The standard InChI is InChI=1S/C18H17ClN6O2S/c1-18(27,28)16-9-15(22-23-16)17(26)21-5-7-25-6-4-14(24-25)11-2-3-12(10-20)13(19)8-11/h2-4,6,8-9,27-28H,5,7H2,1H3,(H,21,26)(H,22,23)/t18-/m0/s1. The van der Waals surface area contributed by atoms with Crippen molar-refractivity contribution in [3.05, 3.63) is 58.5 Å². The number of thiol groups is 1. The Balaban J connectivity index is 1.57. The predicted octanol–water partition coefficient (Wildman–Crippen LogP) is 2.32. The summed E-state index contributed by atoms with van der Waals surface area (Å²) in [5.41, 5.74) is 2.42. The van der Waals surface area contributed by atoms with Gasteiger partial charge in [-0.3, -0.25) is 14.6 Å². The number of halogens is 1. The van der Waals surface area contributed by atoms with Crippen LogP contribution in [0.4, 0.5) is 0 Å². The van der Waals surface area contributed by atoms with E-state index < -0.39 is 4.93 Å². The minimum absolute atomic E-state index is 0.165. The van der Waals surface area contributed by atoms with Gasteiger partial charge in [-0.15, -0.1) is 12.6 Å². The lowest BCUT2D eigenvalue weighted by Crippen LogP contribution is -2.27. The van der Waals surface area contributed by atoms with Crippen LogP contribution in [0.5, 0.6) is 0 Å². The third-order valence-corrected chi connectivity index (χ3v) is 4.53. The molecule has 0 aliphatic heterocycles. The number of nitrogens with zero attached hydrogens (tertiary/aromatic N) is 4. The number of rotatable bonds is 6. The highest BCUT2D eigenvalue weighted by atomic mass is 35.5. The van der Waals surface area contributed by atoms with Crippen molar-refractivity contribution in [3.8, 4) is 17.3 Å². The van der Waals surface area contributed by atoms with E-state index in [2.05, 4.69) is 33.2 Å². The highest BCUT2D eigenvalue weighted by Crippen LogP contribution is 2.24. The largest absolute Gasteiger partial charge is 0.374 e. The number of aromatic amines is 1. The van der Waals surface area contributed by atoms with Crippen molar-refractivity contribution in [1.82, 2.24) is 25.3 Å². The summed E-state index contributed by atoms with van der Waals surface area (Å²) in [5, 5.41) is 32.7. The zero-order valence-electron chi connectivity index (χ0n) is 14.8. The third kappa shape index (κ3) is 4.54. The van der Waals surface area contributed by atoms with E-state index in [1.54, 1.807) is 29.1 Å². The Bertz CT molecular complexity index is 1050. The molecule has 0 saturated heterocycles. The molecule has 3 N–H and O–H groups in total. The number of nitrogens with one attached hydrogen (secondary N) is 2. The molecule has 0 radical (unpaired) electrons. The zero-order chi connectivity index (χ0) is 20.3. The summed E-state index contributed by atoms with van der Waals surface area (Å²) in [5.74, 6) is -0.369. The minimum Gasteiger partial charge on any atom is -0.374 e. The van der Waals surface area contributed by atoms with Crippen LogP contribution in [0.2, 0.25) is 5.02 Å². The van der Waals surface area contributed by atoms with E-state index in [-0.39, 0.29) is 11.6 Å². The Morgan fingerprint density at radius 1 is 1.46 bits per heavy atom. The molecule has 1 aromatic carbocycles. The molecule has 0 aliphatic carbocycles. The zero-order valence-corrected chi connectivity index (χ0v) is 16.5. The van der Waals surface area contributed by atoms with Gasteiger partial charge in [-0.2, -0.15) is 15.5 Å². The SMILES string of the molecule is C[C@](O)(S)c1cc(C(=O)NCCn2ccc(-c3ccc(C#N)c(Cl)c3)n2)n[nH]1. The summed E-state index contributed by atoms with van der Waals surface area (Å²) >= 11 is 10.1. The number of benzene rings is 1. The van der Waals surface area contributed by atoms with E-state index in [1.807, 2.05) is 12.1 Å². The van der Waals surface area contributed by atoms with E-state index in [1.165, 1.54) is 13.0 Å². The van der Waals surface area contributed by atoms with Crippen LogP contribution in [-0.2, 0) is 11.5 Å². The Morgan fingerprint density at radius 3 is 2.89 bits per heavy atom. The first-order valence-corrected chi connectivity index (χ1v) is 9.13. The second-order valence-electron chi connectivity index (χ2n) is 6.21. The second-order valence-corrected chi connectivity index (χ2v) is 7.49. The fourth-order valence-electron chi connectivity index (χ4n) is 2.46. The lowest BCUT2D eigenvalue weighted by Gasteiger charge is -2.12. The number of aromatic nitrogens is 4. The summed E-state index contributed by atoms with van der Waals surface area (Å²) < 4.78 is 1.69. The van der Waals surface area contributed by atoms with Crippen molar-refractivity contribution >= 4 is 30.1 Å². The first-order chi connectivity index (χ1) is 13.3. The van der Waals surface area contributed by atoms with Gasteiger partial charge in [0.25, 0.3) is 5.91 Å². The maximum atomic E-state index is 12.1. The molecule has 0 aliphatic rings. The Morgan fingerprint density at radius 2 is 2.25 bits per heavy atom. The molecule has 1 atom stereocenters. The van der Waals surface area contributed by atoms with Crippen molar-refractivity contribution in [3.63, 3.8) is 0 Å². The Labute approximate surface area is 171 Å². The number of carbonyl (C=O) groups is 1. The van der Waals surface area contributed by atoms with Gasteiger partial charge < -0.3 is 10.4 Å². The molecule has 8 nitrogen and oxygen atoms in total. The number of aliphatic hydroxyl groups is 1. The molecule has 0 bridgehead atoms. The van der Waals surface area contributed by atoms with E-state index in [0.29, 0.717) is 35.1 Å². The number of nitriles is 1. The van der Waals surface area contributed by atoms with Crippen molar-refractivity contribution in [2.24, 2.45) is 0 Å². The molecular weight excluding hydrogens is 400 g/mol. The minimum atomic E-state index is -1.40. The highest BCUT2D eigenvalue weighted by molar-refractivity contribution is 7.81. The molecule has 1 amide bonds.